The third-order valence-electron chi connectivity index (χ3n) is 7.03. The SMILES string of the molecule is COc1ccc(C(=O)[C@@H]2[C@@H]3C(=O)N(c4ccccc4F)C(=O)[C@@H]3[C@@H]3c4ccccc4C=NN23)cc1. The third-order valence-corrected chi connectivity index (χ3v) is 7.03. The normalized spacial score (nSPS) is 24.3. The Labute approximate surface area is 200 Å². The number of carbonyl (C=O) groups excluding carboxylic acids is 3. The number of carbonyl (C=O) groups is 3. The summed E-state index contributed by atoms with van der Waals surface area (Å²) in [4.78, 5) is 42.2. The van der Waals surface area contributed by atoms with Crippen LogP contribution in [0.25, 0.3) is 0 Å². The highest BCUT2D eigenvalue weighted by molar-refractivity contribution is 6.24. The van der Waals surface area contributed by atoms with E-state index in [1.165, 1.54) is 25.3 Å². The van der Waals surface area contributed by atoms with Gasteiger partial charge in [-0.1, -0.05) is 36.4 Å². The number of ether oxygens (including phenoxy) is 1. The smallest absolute Gasteiger partial charge is 0.240 e. The van der Waals surface area contributed by atoms with Gasteiger partial charge in [0.05, 0.1) is 36.9 Å². The predicted octanol–water partition coefficient (Wildman–Crippen LogP) is 3.60. The zero-order valence-corrected chi connectivity index (χ0v) is 18.7. The van der Waals surface area contributed by atoms with E-state index in [0.29, 0.717) is 11.3 Å². The van der Waals surface area contributed by atoms with Gasteiger partial charge in [-0.2, -0.15) is 5.10 Å². The molecule has 0 N–H and O–H groups in total. The second-order valence-electron chi connectivity index (χ2n) is 8.75. The standard InChI is InChI=1S/C27H20FN3O4/c1-35-17-12-10-15(11-13-17)25(32)24-22-21(23-18-7-3-2-6-16(18)14-29-31(23)24)26(33)30(27(22)34)20-9-5-4-8-19(20)28/h2-14,21-24H,1H3/t21-,22+,23-,24-/m0/s1. The van der Waals surface area contributed by atoms with Gasteiger partial charge in [-0.05, 0) is 47.5 Å². The van der Waals surface area contributed by atoms with Crippen molar-refractivity contribution < 1.29 is 23.5 Å². The van der Waals surface area contributed by atoms with E-state index in [2.05, 4.69) is 5.10 Å². The van der Waals surface area contributed by atoms with E-state index < -0.39 is 41.6 Å². The van der Waals surface area contributed by atoms with E-state index in [4.69, 9.17) is 4.74 Å². The molecule has 3 aromatic rings. The minimum atomic E-state index is -1.02. The summed E-state index contributed by atoms with van der Waals surface area (Å²) in [7, 11) is 1.53. The first-order valence-corrected chi connectivity index (χ1v) is 11.2. The van der Waals surface area contributed by atoms with E-state index in [-0.39, 0.29) is 11.5 Å². The zero-order valence-electron chi connectivity index (χ0n) is 18.7. The number of Topliss-reactive ketones (excluding diaryl/α,β-unsaturated/α-hetero) is 1. The maximum absolute atomic E-state index is 14.7. The quantitative estimate of drug-likeness (QED) is 0.431. The Morgan fingerprint density at radius 2 is 1.60 bits per heavy atom. The van der Waals surface area contributed by atoms with Crippen molar-refractivity contribution in [2.24, 2.45) is 16.9 Å². The number of halogens is 1. The number of rotatable bonds is 4. The highest BCUT2D eigenvalue weighted by Gasteiger charge is 2.65. The van der Waals surface area contributed by atoms with Crippen LogP contribution >= 0.6 is 0 Å². The lowest BCUT2D eigenvalue weighted by atomic mass is 9.83. The summed E-state index contributed by atoms with van der Waals surface area (Å²) in [6.45, 7) is 0. The van der Waals surface area contributed by atoms with Gasteiger partial charge in [0.2, 0.25) is 11.8 Å². The summed E-state index contributed by atoms with van der Waals surface area (Å²) >= 11 is 0. The lowest BCUT2D eigenvalue weighted by molar-refractivity contribution is -0.124. The number of ketones is 1. The highest BCUT2D eigenvalue weighted by atomic mass is 19.1. The van der Waals surface area contributed by atoms with Gasteiger partial charge in [0.15, 0.2) is 5.78 Å². The van der Waals surface area contributed by atoms with Crippen molar-refractivity contribution in [3.8, 4) is 5.75 Å². The fourth-order valence-corrected chi connectivity index (χ4v) is 5.47. The van der Waals surface area contributed by atoms with Crippen molar-refractivity contribution in [1.29, 1.82) is 0 Å². The molecule has 3 aromatic carbocycles. The number of hydrogen-bond donors (Lipinski definition) is 0. The maximum atomic E-state index is 14.7. The van der Waals surface area contributed by atoms with Crippen LogP contribution in [0.3, 0.4) is 0 Å². The molecule has 0 saturated carbocycles. The lowest BCUT2D eigenvalue weighted by Gasteiger charge is -2.33. The molecule has 7 nitrogen and oxygen atoms in total. The molecule has 0 spiro atoms. The number of nitrogens with zero attached hydrogens (tertiary/aromatic N) is 3. The molecule has 0 aromatic heterocycles. The summed E-state index contributed by atoms with van der Waals surface area (Å²) < 4.78 is 19.9. The molecule has 2 saturated heterocycles. The number of para-hydroxylation sites is 1. The molecule has 174 valence electrons. The van der Waals surface area contributed by atoms with Crippen molar-refractivity contribution >= 4 is 29.5 Å². The Hall–Kier alpha value is -4.33. The molecule has 0 bridgehead atoms. The minimum Gasteiger partial charge on any atom is -0.497 e. The van der Waals surface area contributed by atoms with Crippen LogP contribution in [0, 0.1) is 17.7 Å². The summed E-state index contributed by atoms with van der Waals surface area (Å²) in [5.41, 5.74) is 1.88. The number of anilines is 1. The average Bonchev–Trinajstić information content (AvgIpc) is 3.36. The van der Waals surface area contributed by atoms with Crippen molar-refractivity contribution in [2.75, 3.05) is 12.0 Å². The first-order valence-electron chi connectivity index (χ1n) is 11.2. The summed E-state index contributed by atoms with van der Waals surface area (Å²) in [5.74, 6) is -3.44. The summed E-state index contributed by atoms with van der Waals surface area (Å²) in [5, 5.41) is 6.11. The van der Waals surface area contributed by atoms with Crippen molar-refractivity contribution in [1.82, 2.24) is 5.01 Å². The van der Waals surface area contributed by atoms with Crippen LogP contribution in [0.2, 0.25) is 0 Å². The topological polar surface area (TPSA) is 79.3 Å². The zero-order chi connectivity index (χ0) is 24.3. The van der Waals surface area contributed by atoms with Crippen LogP contribution in [0.15, 0.2) is 77.9 Å². The van der Waals surface area contributed by atoms with Crippen LogP contribution in [-0.2, 0) is 9.59 Å². The van der Waals surface area contributed by atoms with Crippen LogP contribution in [0.5, 0.6) is 5.75 Å². The minimum absolute atomic E-state index is 0.105. The fourth-order valence-electron chi connectivity index (χ4n) is 5.47. The largest absolute Gasteiger partial charge is 0.497 e. The van der Waals surface area contributed by atoms with Crippen molar-refractivity contribution in [3.63, 3.8) is 0 Å². The Bertz CT molecular complexity index is 1400. The Balaban J connectivity index is 1.49. The molecule has 2 fully saturated rings. The van der Waals surface area contributed by atoms with Gasteiger partial charge in [0.1, 0.15) is 17.6 Å². The van der Waals surface area contributed by atoms with E-state index in [1.54, 1.807) is 41.6 Å². The molecule has 3 aliphatic rings. The number of hydrogen-bond acceptors (Lipinski definition) is 6. The molecule has 8 heteroatoms. The molecule has 0 aliphatic carbocycles. The van der Waals surface area contributed by atoms with Crippen LogP contribution in [-0.4, -0.2) is 42.0 Å². The van der Waals surface area contributed by atoms with Crippen LogP contribution in [0.4, 0.5) is 10.1 Å². The van der Waals surface area contributed by atoms with Gasteiger partial charge in [-0.3, -0.25) is 19.4 Å². The summed E-state index contributed by atoms with van der Waals surface area (Å²) in [6, 6.07) is 18.1. The molecule has 4 atom stereocenters. The molecule has 6 rings (SSSR count). The number of benzene rings is 3. The van der Waals surface area contributed by atoms with Crippen molar-refractivity contribution in [2.45, 2.75) is 12.1 Å². The number of amides is 2. The van der Waals surface area contributed by atoms with E-state index in [1.807, 2.05) is 24.3 Å². The van der Waals surface area contributed by atoms with Gasteiger partial charge < -0.3 is 4.74 Å². The van der Waals surface area contributed by atoms with Gasteiger partial charge >= 0.3 is 0 Å². The van der Waals surface area contributed by atoms with Gasteiger partial charge in [0, 0.05) is 5.56 Å². The summed E-state index contributed by atoms with van der Waals surface area (Å²) in [6.07, 6.45) is 1.64. The maximum Gasteiger partial charge on any atom is 0.240 e. The third kappa shape index (κ3) is 3.02. The molecule has 3 heterocycles. The van der Waals surface area contributed by atoms with Gasteiger partial charge in [0.25, 0.3) is 0 Å². The molecular formula is C27H20FN3O4. The van der Waals surface area contributed by atoms with Gasteiger partial charge in [-0.25, -0.2) is 9.29 Å². The van der Waals surface area contributed by atoms with Crippen LogP contribution < -0.4 is 9.64 Å². The first kappa shape index (κ1) is 21.2. The molecule has 0 unspecified atom stereocenters. The van der Waals surface area contributed by atoms with E-state index >= 15 is 0 Å². The average molecular weight is 469 g/mol. The number of methoxy groups -OCH3 is 1. The Morgan fingerprint density at radius 3 is 2.34 bits per heavy atom. The lowest BCUT2D eigenvalue weighted by Crippen LogP contribution is -2.44. The first-order chi connectivity index (χ1) is 17.0. The van der Waals surface area contributed by atoms with Crippen molar-refractivity contribution in [3.05, 3.63) is 95.3 Å². The molecular weight excluding hydrogens is 449 g/mol. The number of fused-ring (bicyclic) bond motifs is 5. The molecule has 0 radical (unpaired) electrons. The highest BCUT2D eigenvalue weighted by Crippen LogP contribution is 2.53. The van der Waals surface area contributed by atoms with Crippen LogP contribution in [0.1, 0.15) is 27.5 Å². The number of hydrazone groups is 1. The monoisotopic (exact) mass is 469 g/mol. The van der Waals surface area contributed by atoms with E-state index in [9.17, 15) is 18.8 Å². The van der Waals surface area contributed by atoms with E-state index in [0.717, 1.165) is 16.0 Å². The second kappa shape index (κ2) is 7.87. The molecule has 35 heavy (non-hydrogen) atoms. The van der Waals surface area contributed by atoms with Gasteiger partial charge in [-0.15, -0.1) is 0 Å². The predicted molar refractivity (Wildman–Crippen MR) is 126 cm³/mol. The molecule has 2 amide bonds. The molecule has 3 aliphatic heterocycles. The Kier molecular flexibility index (Phi) is 4.77. The Morgan fingerprint density at radius 1 is 0.914 bits per heavy atom. The second-order valence-corrected chi connectivity index (χ2v) is 8.75. The fraction of sp³-hybridized carbons (Fsp3) is 0.185. The number of imide groups is 1.